The Labute approximate surface area is 194 Å². The van der Waals surface area contributed by atoms with Gasteiger partial charge in [-0.15, -0.1) is 18.3 Å². The number of rotatable bonds is 7. The number of carbonyl (C=O) groups is 1. The fraction of sp³-hybridized carbons (Fsp3) is 0.400. The van der Waals surface area contributed by atoms with Crippen LogP contribution in [-0.4, -0.2) is 53.3 Å². The lowest BCUT2D eigenvalue weighted by molar-refractivity contribution is -0.325. The van der Waals surface area contributed by atoms with E-state index in [1.54, 1.807) is 6.07 Å². The molecular weight excluding hydrogens is 488 g/mol. The summed E-state index contributed by atoms with van der Waals surface area (Å²) in [5.74, 6) is -0.970. The number of halogens is 5. The Morgan fingerprint density at radius 2 is 2.03 bits per heavy atom. The second kappa shape index (κ2) is 10.1. The molecule has 1 aromatic carbocycles. The number of pyridine rings is 1. The van der Waals surface area contributed by atoms with Gasteiger partial charge in [0, 0.05) is 11.5 Å². The zero-order valence-electron chi connectivity index (χ0n) is 17.3. The first-order valence-corrected chi connectivity index (χ1v) is 10.4. The summed E-state index contributed by atoms with van der Waals surface area (Å²) in [6, 6.07) is 5.41. The molecule has 34 heavy (non-hydrogen) atoms. The lowest BCUT2D eigenvalue weighted by Gasteiger charge is -2.27. The van der Waals surface area contributed by atoms with Crippen LogP contribution >= 0.6 is 11.6 Å². The molecule has 9 nitrogen and oxygen atoms in total. The van der Waals surface area contributed by atoms with Crippen LogP contribution in [0.25, 0.3) is 10.9 Å². The zero-order valence-corrected chi connectivity index (χ0v) is 18.0. The van der Waals surface area contributed by atoms with Crippen molar-refractivity contribution in [1.29, 1.82) is 0 Å². The summed E-state index contributed by atoms with van der Waals surface area (Å²) in [4.78, 5) is 16.7. The Morgan fingerprint density at radius 3 is 2.76 bits per heavy atom. The largest absolute Gasteiger partial charge is 0.522 e. The molecule has 1 aliphatic rings. The van der Waals surface area contributed by atoms with E-state index >= 15 is 0 Å². The molecule has 2 atom stereocenters. The molecule has 4 rings (SSSR count). The van der Waals surface area contributed by atoms with Crippen molar-refractivity contribution in [2.45, 2.75) is 31.3 Å². The molecule has 14 heteroatoms. The van der Waals surface area contributed by atoms with Crippen LogP contribution in [-0.2, 0) is 9.47 Å². The minimum Gasteiger partial charge on any atom is -0.447 e. The van der Waals surface area contributed by atoms with E-state index in [-0.39, 0.29) is 35.3 Å². The zero-order chi connectivity index (χ0) is 24.3. The molecule has 3 heterocycles. The molecule has 0 saturated carbocycles. The van der Waals surface area contributed by atoms with E-state index in [9.17, 15) is 22.4 Å². The van der Waals surface area contributed by atoms with Gasteiger partial charge in [-0.05, 0) is 25.0 Å². The lowest BCUT2D eigenvalue weighted by atomic mass is 10.0. The maximum Gasteiger partial charge on any atom is 0.522 e. The van der Waals surface area contributed by atoms with E-state index in [0.29, 0.717) is 23.7 Å². The van der Waals surface area contributed by atoms with E-state index in [1.807, 2.05) is 0 Å². The number of hydrogen-bond donors (Lipinski definition) is 1. The van der Waals surface area contributed by atoms with Gasteiger partial charge in [-0.2, -0.15) is 0 Å². The van der Waals surface area contributed by atoms with Gasteiger partial charge >= 0.3 is 12.4 Å². The van der Waals surface area contributed by atoms with Crippen molar-refractivity contribution in [3.05, 3.63) is 46.7 Å². The van der Waals surface area contributed by atoms with E-state index in [2.05, 4.69) is 25.2 Å². The number of alkyl halides is 3. The number of carbonyl (C=O) groups excluding carboxylic acids is 1. The standard InChI is InChI=1S/C20H17ClF4N4O5/c21-12-7-10-1-3-14(27-15(10)8-13(12)22)17(30)26-11-2-4-16(32-9-11)18-28-29-19(34-18)31-5-6-33-20(23,24)25/h1,3,7-8,11,16H,2,4-6,9H2,(H,26,30)/t11-,16+/m0/s1. The number of aromatic nitrogens is 3. The minimum atomic E-state index is -4.75. The van der Waals surface area contributed by atoms with Crippen LogP contribution in [0.2, 0.25) is 5.02 Å². The Morgan fingerprint density at radius 1 is 1.21 bits per heavy atom. The number of hydrogen-bond acceptors (Lipinski definition) is 8. The molecule has 1 saturated heterocycles. The quantitative estimate of drug-likeness (QED) is 0.380. The summed E-state index contributed by atoms with van der Waals surface area (Å²) in [5, 5.41) is 10.8. The molecule has 1 fully saturated rings. The van der Waals surface area contributed by atoms with Crippen molar-refractivity contribution in [3.8, 4) is 6.08 Å². The fourth-order valence-corrected chi connectivity index (χ4v) is 3.43. The topological polar surface area (TPSA) is 109 Å². The normalized spacial score (nSPS) is 18.7. The van der Waals surface area contributed by atoms with Crippen molar-refractivity contribution in [2.24, 2.45) is 0 Å². The molecule has 0 unspecified atom stereocenters. The van der Waals surface area contributed by atoms with Gasteiger partial charge in [0.1, 0.15) is 24.2 Å². The summed E-state index contributed by atoms with van der Waals surface area (Å²) in [7, 11) is 0. The van der Waals surface area contributed by atoms with Crippen molar-refractivity contribution in [2.75, 3.05) is 19.8 Å². The van der Waals surface area contributed by atoms with Crippen LogP contribution in [0.3, 0.4) is 0 Å². The minimum absolute atomic E-state index is 0.0317. The van der Waals surface area contributed by atoms with Gasteiger partial charge in [-0.25, -0.2) is 9.37 Å². The van der Waals surface area contributed by atoms with Crippen molar-refractivity contribution < 1.29 is 41.0 Å². The third kappa shape index (κ3) is 6.10. The molecule has 0 bridgehead atoms. The molecule has 2 aromatic heterocycles. The first-order chi connectivity index (χ1) is 16.2. The monoisotopic (exact) mass is 504 g/mol. The van der Waals surface area contributed by atoms with E-state index in [0.717, 1.165) is 6.07 Å². The summed E-state index contributed by atoms with van der Waals surface area (Å²) in [5.41, 5.74) is 0.415. The molecule has 1 aliphatic heterocycles. The van der Waals surface area contributed by atoms with Gasteiger partial charge in [0.2, 0.25) is 5.89 Å². The van der Waals surface area contributed by atoms with E-state index in [1.165, 1.54) is 12.1 Å². The Hall–Kier alpha value is -3.03. The van der Waals surface area contributed by atoms with E-state index in [4.69, 9.17) is 25.5 Å². The molecular formula is C20H17ClF4N4O5. The number of nitrogens with one attached hydrogen (secondary N) is 1. The molecule has 0 spiro atoms. The molecule has 182 valence electrons. The van der Waals surface area contributed by atoms with Crippen LogP contribution in [0.1, 0.15) is 35.3 Å². The van der Waals surface area contributed by atoms with Crippen LogP contribution in [0.4, 0.5) is 17.6 Å². The molecule has 1 N–H and O–H groups in total. The highest BCUT2D eigenvalue weighted by atomic mass is 35.5. The van der Waals surface area contributed by atoms with Crippen molar-refractivity contribution in [3.63, 3.8) is 0 Å². The van der Waals surface area contributed by atoms with Gasteiger partial charge in [-0.1, -0.05) is 22.8 Å². The highest BCUT2D eigenvalue weighted by Crippen LogP contribution is 2.29. The van der Waals surface area contributed by atoms with Gasteiger partial charge in [0.05, 0.1) is 29.8 Å². The van der Waals surface area contributed by atoms with Crippen molar-refractivity contribution >= 4 is 28.4 Å². The number of ether oxygens (including phenoxy) is 3. The lowest BCUT2D eigenvalue weighted by Crippen LogP contribution is -2.41. The summed E-state index contributed by atoms with van der Waals surface area (Å²) in [6.07, 6.45) is -4.66. The first kappa shape index (κ1) is 24.1. The summed E-state index contributed by atoms with van der Waals surface area (Å²) < 4.78 is 68.9. The third-order valence-corrected chi connectivity index (χ3v) is 5.14. The Kier molecular flexibility index (Phi) is 7.14. The molecule has 0 radical (unpaired) electrons. The van der Waals surface area contributed by atoms with Crippen LogP contribution in [0.5, 0.6) is 6.08 Å². The van der Waals surface area contributed by atoms with Gasteiger partial charge in [0.25, 0.3) is 5.91 Å². The number of nitrogens with zero attached hydrogens (tertiary/aromatic N) is 3. The SMILES string of the molecule is O=C(N[C@H]1CC[C@H](c2nnc(OCCOC(F)(F)F)o2)OC1)c1ccc2cc(Cl)c(F)cc2n1. The van der Waals surface area contributed by atoms with Crippen LogP contribution in [0.15, 0.2) is 28.7 Å². The predicted molar refractivity (Wildman–Crippen MR) is 108 cm³/mol. The maximum absolute atomic E-state index is 13.7. The number of benzene rings is 1. The average molecular weight is 505 g/mol. The summed E-state index contributed by atoms with van der Waals surface area (Å²) >= 11 is 5.76. The Bertz CT molecular complexity index is 1170. The number of amides is 1. The second-order valence-electron chi connectivity index (χ2n) is 7.27. The third-order valence-electron chi connectivity index (χ3n) is 4.85. The number of fused-ring (bicyclic) bond motifs is 1. The van der Waals surface area contributed by atoms with Gasteiger partial charge < -0.3 is 19.2 Å². The predicted octanol–water partition coefficient (Wildman–Crippen LogP) is 3.98. The van der Waals surface area contributed by atoms with Crippen molar-refractivity contribution in [1.82, 2.24) is 20.5 Å². The molecule has 0 aliphatic carbocycles. The summed E-state index contributed by atoms with van der Waals surface area (Å²) in [6.45, 7) is -1.01. The maximum atomic E-state index is 13.7. The van der Waals surface area contributed by atoms with E-state index < -0.39 is 37.4 Å². The van der Waals surface area contributed by atoms with Gasteiger partial charge in [0.15, 0.2) is 0 Å². The molecule has 1 amide bonds. The smallest absolute Gasteiger partial charge is 0.447 e. The van der Waals surface area contributed by atoms with Crippen LogP contribution in [0, 0.1) is 5.82 Å². The van der Waals surface area contributed by atoms with Crippen LogP contribution < -0.4 is 10.1 Å². The molecule has 3 aromatic rings. The Balaban J connectivity index is 1.26. The van der Waals surface area contributed by atoms with Gasteiger partial charge in [-0.3, -0.25) is 9.53 Å². The second-order valence-corrected chi connectivity index (χ2v) is 7.68. The fourth-order valence-electron chi connectivity index (χ4n) is 3.26. The highest BCUT2D eigenvalue weighted by Gasteiger charge is 2.30. The average Bonchev–Trinajstić information content (AvgIpc) is 3.26. The highest BCUT2D eigenvalue weighted by molar-refractivity contribution is 6.31. The first-order valence-electron chi connectivity index (χ1n) is 10.0.